The van der Waals surface area contributed by atoms with Gasteiger partial charge in [0.2, 0.25) is 10.0 Å². The van der Waals surface area contributed by atoms with Crippen LogP contribution in [0.2, 0.25) is 0 Å². The molecule has 0 unspecified atom stereocenters. The van der Waals surface area contributed by atoms with E-state index in [4.69, 9.17) is 5.73 Å². The molecule has 1 saturated heterocycles. The molecule has 2 aliphatic heterocycles. The molecule has 0 aliphatic carbocycles. The number of nitrogens with zero attached hydrogens (tertiary/aromatic N) is 5. The van der Waals surface area contributed by atoms with Gasteiger partial charge in [0.25, 0.3) is 17.4 Å². The van der Waals surface area contributed by atoms with Crippen molar-refractivity contribution in [3.63, 3.8) is 0 Å². The van der Waals surface area contributed by atoms with Crippen LogP contribution in [0.3, 0.4) is 0 Å². The van der Waals surface area contributed by atoms with E-state index in [0.717, 1.165) is 5.75 Å². The Kier molecular flexibility index (Phi) is 5.20. The highest BCUT2D eigenvalue weighted by atomic mass is 32.2. The van der Waals surface area contributed by atoms with Gasteiger partial charge in [-0.05, 0) is 6.07 Å². The Hall–Kier alpha value is -2.64. The normalized spacial score (nSPS) is 17.2. The van der Waals surface area contributed by atoms with E-state index in [1.807, 2.05) is 0 Å². The summed E-state index contributed by atoms with van der Waals surface area (Å²) in [5, 5.41) is 0.602. The van der Waals surface area contributed by atoms with Crippen LogP contribution in [-0.2, 0) is 23.6 Å². The quantitative estimate of drug-likeness (QED) is 0.583. The molecule has 2 aromatic rings. The Bertz CT molecular complexity index is 1190. The van der Waals surface area contributed by atoms with Crippen molar-refractivity contribution in [3.8, 4) is 0 Å². The van der Waals surface area contributed by atoms with Crippen molar-refractivity contribution in [2.75, 3.05) is 31.9 Å². The van der Waals surface area contributed by atoms with Crippen molar-refractivity contribution in [3.05, 3.63) is 40.1 Å². The molecule has 4 heterocycles. The summed E-state index contributed by atoms with van der Waals surface area (Å²) >= 11 is 1.47. The molecule has 0 spiro atoms. The molecular weight excluding hydrogens is 432 g/mol. The highest BCUT2D eigenvalue weighted by molar-refractivity contribution is 7.99. The molecule has 4 rings (SSSR count). The van der Waals surface area contributed by atoms with Gasteiger partial charge in [-0.3, -0.25) is 19.0 Å². The van der Waals surface area contributed by atoms with Crippen LogP contribution >= 0.6 is 11.8 Å². The van der Waals surface area contributed by atoms with Gasteiger partial charge in [-0.1, -0.05) is 11.8 Å². The van der Waals surface area contributed by atoms with Gasteiger partial charge in [0, 0.05) is 57.9 Å². The first-order valence-corrected chi connectivity index (χ1v) is 11.6. The number of piperazine rings is 1. The average molecular weight is 453 g/mol. The van der Waals surface area contributed by atoms with Crippen molar-refractivity contribution >= 4 is 33.6 Å². The lowest BCUT2D eigenvalue weighted by molar-refractivity contribution is 0.0694. The summed E-state index contributed by atoms with van der Waals surface area (Å²) in [7, 11) is -2.30. The maximum Gasteiger partial charge on any atom is 0.267 e. The number of rotatable bonds is 4. The van der Waals surface area contributed by atoms with Gasteiger partial charge in [-0.25, -0.2) is 13.4 Å². The summed E-state index contributed by atoms with van der Waals surface area (Å²) in [6, 6.07) is 1.24. The first-order valence-electron chi connectivity index (χ1n) is 9.18. The van der Waals surface area contributed by atoms with Crippen molar-refractivity contribution in [2.45, 2.75) is 16.6 Å². The minimum Gasteiger partial charge on any atom is -0.364 e. The number of aromatic nitrogens is 3. The standard InChI is InChI=1S/C17H20N6O5S2/c1-20-10-11(8-13(20)14(18)24)30(27,28)22-4-2-21(3-5-22)15(25)12-9-19-17-23(16(12)26)6-7-29-17/h8-10H,2-7H2,1H3,(H2,18,24). The number of nitrogens with two attached hydrogens (primary N) is 1. The molecule has 0 atom stereocenters. The second kappa shape index (κ2) is 7.56. The highest BCUT2D eigenvalue weighted by Crippen LogP contribution is 2.22. The zero-order valence-electron chi connectivity index (χ0n) is 16.1. The number of amides is 2. The number of sulfonamides is 1. The van der Waals surface area contributed by atoms with Crippen molar-refractivity contribution in [1.29, 1.82) is 0 Å². The van der Waals surface area contributed by atoms with Crippen LogP contribution in [0.1, 0.15) is 20.8 Å². The van der Waals surface area contributed by atoms with Gasteiger partial charge in [0.1, 0.15) is 16.2 Å². The van der Waals surface area contributed by atoms with Gasteiger partial charge < -0.3 is 15.2 Å². The van der Waals surface area contributed by atoms with Gasteiger partial charge in [-0.15, -0.1) is 0 Å². The molecule has 30 heavy (non-hydrogen) atoms. The number of carbonyl (C=O) groups excluding carboxylic acids is 2. The number of primary amides is 1. The fraction of sp³-hybridized carbons (Fsp3) is 0.412. The second-order valence-electron chi connectivity index (χ2n) is 6.99. The molecule has 0 bridgehead atoms. The topological polar surface area (TPSA) is 141 Å². The summed E-state index contributed by atoms with van der Waals surface area (Å²) in [5.74, 6) is -0.428. The first kappa shape index (κ1) is 20.6. The van der Waals surface area contributed by atoms with Crippen LogP contribution in [0.15, 0.2) is 33.3 Å². The summed E-state index contributed by atoms with van der Waals surface area (Å²) in [4.78, 5) is 42.4. The van der Waals surface area contributed by atoms with E-state index in [-0.39, 0.29) is 47.9 Å². The Morgan fingerprint density at radius 1 is 1.17 bits per heavy atom. The Morgan fingerprint density at radius 3 is 2.50 bits per heavy atom. The van der Waals surface area contributed by atoms with Crippen LogP contribution in [0.4, 0.5) is 0 Å². The van der Waals surface area contributed by atoms with E-state index in [1.165, 1.54) is 55.6 Å². The summed E-state index contributed by atoms with van der Waals surface area (Å²) in [6.45, 7) is 0.950. The molecule has 160 valence electrons. The van der Waals surface area contributed by atoms with Crippen LogP contribution in [0.5, 0.6) is 0 Å². The summed E-state index contributed by atoms with van der Waals surface area (Å²) < 4.78 is 29.9. The predicted octanol–water partition coefficient (Wildman–Crippen LogP) is -1.07. The second-order valence-corrected chi connectivity index (χ2v) is 9.99. The lowest BCUT2D eigenvalue weighted by Gasteiger charge is -2.33. The van der Waals surface area contributed by atoms with Crippen LogP contribution in [0.25, 0.3) is 0 Å². The van der Waals surface area contributed by atoms with Crippen molar-refractivity contribution < 1.29 is 18.0 Å². The highest BCUT2D eigenvalue weighted by Gasteiger charge is 2.33. The molecule has 1 fully saturated rings. The van der Waals surface area contributed by atoms with Crippen LogP contribution in [-0.4, -0.2) is 75.5 Å². The molecule has 2 aliphatic rings. The van der Waals surface area contributed by atoms with Crippen LogP contribution in [0, 0.1) is 0 Å². The smallest absolute Gasteiger partial charge is 0.267 e. The number of hydrogen-bond acceptors (Lipinski definition) is 7. The molecule has 0 radical (unpaired) electrons. The zero-order valence-corrected chi connectivity index (χ0v) is 17.8. The third kappa shape index (κ3) is 3.42. The Morgan fingerprint density at radius 2 is 1.87 bits per heavy atom. The number of aryl methyl sites for hydroxylation is 1. The largest absolute Gasteiger partial charge is 0.364 e. The summed E-state index contributed by atoms with van der Waals surface area (Å²) in [5.41, 5.74) is 4.97. The first-order chi connectivity index (χ1) is 14.2. The summed E-state index contributed by atoms with van der Waals surface area (Å²) in [6.07, 6.45) is 2.63. The molecule has 2 N–H and O–H groups in total. The minimum atomic E-state index is -3.84. The Labute approximate surface area is 176 Å². The third-order valence-corrected chi connectivity index (χ3v) is 8.02. The fourth-order valence-corrected chi connectivity index (χ4v) is 5.94. The zero-order chi connectivity index (χ0) is 21.6. The number of hydrogen-bond donors (Lipinski definition) is 1. The maximum absolute atomic E-state index is 12.9. The molecule has 0 saturated carbocycles. The molecule has 13 heteroatoms. The SMILES string of the molecule is Cn1cc(S(=O)(=O)N2CCN(C(=O)c3cnc4n(c3=O)CCS4)CC2)cc1C(N)=O. The van der Waals surface area contributed by atoms with Gasteiger partial charge in [0.15, 0.2) is 5.16 Å². The molecule has 2 aromatic heterocycles. The maximum atomic E-state index is 12.9. The van der Waals surface area contributed by atoms with Crippen molar-refractivity contribution in [1.82, 2.24) is 23.3 Å². The van der Waals surface area contributed by atoms with Gasteiger partial charge in [-0.2, -0.15) is 4.31 Å². The Balaban J connectivity index is 1.49. The number of fused-ring (bicyclic) bond motifs is 1. The average Bonchev–Trinajstić information content (AvgIpc) is 3.35. The fourth-order valence-electron chi connectivity index (χ4n) is 3.54. The van der Waals surface area contributed by atoms with Crippen molar-refractivity contribution in [2.24, 2.45) is 12.8 Å². The van der Waals surface area contributed by atoms with E-state index < -0.39 is 21.8 Å². The number of carbonyl (C=O) groups is 2. The lowest BCUT2D eigenvalue weighted by atomic mass is 10.2. The van der Waals surface area contributed by atoms with E-state index in [2.05, 4.69) is 4.98 Å². The predicted molar refractivity (Wildman–Crippen MR) is 108 cm³/mol. The molecule has 2 amide bonds. The minimum absolute atomic E-state index is 0.00767. The number of thioether (sulfide) groups is 1. The molecule has 0 aromatic carbocycles. The van der Waals surface area contributed by atoms with Crippen LogP contribution < -0.4 is 11.3 Å². The molecular formula is C17H20N6O5S2. The van der Waals surface area contributed by atoms with Gasteiger partial charge >= 0.3 is 0 Å². The van der Waals surface area contributed by atoms with E-state index in [1.54, 1.807) is 0 Å². The monoisotopic (exact) mass is 452 g/mol. The third-order valence-electron chi connectivity index (χ3n) is 5.18. The molecule has 11 nitrogen and oxygen atoms in total. The lowest BCUT2D eigenvalue weighted by Crippen LogP contribution is -2.51. The van der Waals surface area contributed by atoms with E-state index in [0.29, 0.717) is 11.7 Å². The van der Waals surface area contributed by atoms with E-state index >= 15 is 0 Å². The van der Waals surface area contributed by atoms with E-state index in [9.17, 15) is 22.8 Å². The van der Waals surface area contributed by atoms with Gasteiger partial charge in [0.05, 0.1) is 0 Å².